The molecule has 4 heterocycles. The Kier molecular flexibility index (Phi) is 6.77. The van der Waals surface area contributed by atoms with Crippen LogP contribution in [0.15, 0.2) is 36.7 Å². The molecule has 0 aliphatic carbocycles. The molecule has 2 N–H and O–H groups in total. The van der Waals surface area contributed by atoms with E-state index in [-0.39, 0.29) is 49.0 Å². The number of aromatic nitrogens is 2. The van der Waals surface area contributed by atoms with E-state index in [0.717, 1.165) is 50.0 Å². The molecule has 0 unspecified atom stereocenters. The van der Waals surface area contributed by atoms with Crippen LogP contribution in [0.4, 0.5) is 0 Å². The SMILES string of the molecule is COc1ccc(-n2ccnc2CN2C[C@@H]3[C@H](CO)[C@H]4CNC[C@]3(C2)O4)cc1.Cl.Cl. The number of nitrogens with zero attached hydrogens (tertiary/aromatic N) is 3. The summed E-state index contributed by atoms with van der Waals surface area (Å²) < 4.78 is 13.8. The Morgan fingerprint density at radius 3 is 2.83 bits per heavy atom. The van der Waals surface area contributed by atoms with Crippen LogP contribution in [-0.2, 0) is 11.3 Å². The Hall–Kier alpha value is -1.35. The molecule has 29 heavy (non-hydrogen) atoms. The molecule has 3 aliphatic rings. The molecular weight excluding hydrogens is 415 g/mol. The Bertz CT molecular complexity index is 818. The van der Waals surface area contributed by atoms with E-state index in [0.29, 0.717) is 5.92 Å². The van der Waals surface area contributed by atoms with Crippen LogP contribution >= 0.6 is 24.8 Å². The van der Waals surface area contributed by atoms with Gasteiger partial charge in [-0.2, -0.15) is 0 Å². The first-order valence-corrected chi connectivity index (χ1v) is 9.61. The third kappa shape index (κ3) is 3.76. The summed E-state index contributed by atoms with van der Waals surface area (Å²) in [6.07, 6.45) is 3.99. The van der Waals surface area contributed by atoms with Gasteiger partial charge in [-0.15, -0.1) is 24.8 Å². The first kappa shape index (κ1) is 22.3. The topological polar surface area (TPSA) is 71.8 Å². The molecule has 0 saturated carbocycles. The van der Waals surface area contributed by atoms with Gasteiger partial charge in [0.15, 0.2) is 0 Å². The molecule has 3 aliphatic heterocycles. The predicted molar refractivity (Wildman–Crippen MR) is 114 cm³/mol. The molecule has 2 aromatic rings. The Balaban J connectivity index is 0.00000120. The molecule has 160 valence electrons. The normalized spacial score (nSPS) is 30.3. The fourth-order valence-electron chi connectivity index (χ4n) is 5.15. The quantitative estimate of drug-likeness (QED) is 0.730. The highest BCUT2D eigenvalue weighted by Gasteiger charge is 2.60. The lowest BCUT2D eigenvalue weighted by atomic mass is 9.83. The number of likely N-dealkylation sites (tertiary alicyclic amines) is 1. The van der Waals surface area contributed by atoms with Gasteiger partial charge in [-0.3, -0.25) is 4.90 Å². The second kappa shape index (κ2) is 8.79. The second-order valence-corrected chi connectivity index (χ2v) is 7.89. The minimum atomic E-state index is -0.159. The largest absolute Gasteiger partial charge is 0.497 e. The highest BCUT2D eigenvalue weighted by molar-refractivity contribution is 5.85. The highest BCUT2D eigenvalue weighted by Crippen LogP contribution is 2.47. The van der Waals surface area contributed by atoms with Crippen LogP contribution in [0, 0.1) is 11.8 Å². The number of ether oxygens (including phenoxy) is 2. The van der Waals surface area contributed by atoms with E-state index in [1.807, 2.05) is 36.7 Å². The van der Waals surface area contributed by atoms with Gasteiger partial charge in [0, 0.05) is 62.7 Å². The zero-order valence-corrected chi connectivity index (χ0v) is 18.0. The maximum Gasteiger partial charge on any atom is 0.127 e. The van der Waals surface area contributed by atoms with Gasteiger partial charge in [0.25, 0.3) is 0 Å². The van der Waals surface area contributed by atoms with Crippen LogP contribution in [0.25, 0.3) is 5.69 Å². The lowest BCUT2D eigenvalue weighted by molar-refractivity contribution is -0.0747. The van der Waals surface area contributed by atoms with Crippen molar-refractivity contribution in [2.75, 3.05) is 39.9 Å². The van der Waals surface area contributed by atoms with Crippen LogP contribution in [0.2, 0.25) is 0 Å². The maximum absolute atomic E-state index is 9.88. The molecule has 0 amide bonds. The number of rotatable bonds is 5. The number of nitrogens with one attached hydrogen (secondary N) is 1. The van der Waals surface area contributed by atoms with Gasteiger partial charge < -0.3 is 24.5 Å². The summed E-state index contributed by atoms with van der Waals surface area (Å²) in [5.74, 6) is 2.47. The summed E-state index contributed by atoms with van der Waals surface area (Å²) in [5.41, 5.74) is 0.915. The minimum Gasteiger partial charge on any atom is -0.497 e. The molecule has 3 saturated heterocycles. The van der Waals surface area contributed by atoms with Gasteiger partial charge in [0.1, 0.15) is 11.6 Å². The molecule has 5 rings (SSSR count). The number of imidazole rings is 1. The summed E-state index contributed by atoms with van der Waals surface area (Å²) in [6, 6.07) is 8.02. The fourth-order valence-corrected chi connectivity index (χ4v) is 5.15. The van der Waals surface area contributed by atoms with Crippen molar-refractivity contribution in [3.8, 4) is 11.4 Å². The van der Waals surface area contributed by atoms with Crippen LogP contribution in [0.3, 0.4) is 0 Å². The number of morpholine rings is 1. The molecule has 1 aromatic heterocycles. The molecular formula is C20H28Cl2N4O3. The maximum atomic E-state index is 9.88. The lowest BCUT2D eigenvalue weighted by Crippen LogP contribution is -2.52. The number of aliphatic hydroxyl groups excluding tert-OH is 1. The average molecular weight is 443 g/mol. The predicted octanol–water partition coefficient (Wildman–Crippen LogP) is 1.51. The Labute approximate surface area is 183 Å². The first-order chi connectivity index (χ1) is 13.2. The van der Waals surface area contributed by atoms with Crippen molar-refractivity contribution in [1.29, 1.82) is 0 Å². The van der Waals surface area contributed by atoms with Crippen molar-refractivity contribution in [3.05, 3.63) is 42.5 Å². The third-order valence-corrected chi connectivity index (χ3v) is 6.42. The molecule has 1 aromatic carbocycles. The van der Waals surface area contributed by atoms with E-state index in [2.05, 4.69) is 19.8 Å². The number of halogens is 2. The van der Waals surface area contributed by atoms with Crippen molar-refractivity contribution in [3.63, 3.8) is 0 Å². The van der Waals surface area contributed by atoms with Crippen molar-refractivity contribution in [1.82, 2.24) is 19.8 Å². The zero-order valence-electron chi connectivity index (χ0n) is 16.4. The molecule has 3 fully saturated rings. The summed E-state index contributed by atoms with van der Waals surface area (Å²) in [7, 11) is 1.67. The van der Waals surface area contributed by atoms with E-state index < -0.39 is 0 Å². The van der Waals surface area contributed by atoms with Gasteiger partial charge in [-0.05, 0) is 24.3 Å². The smallest absolute Gasteiger partial charge is 0.127 e. The summed E-state index contributed by atoms with van der Waals surface area (Å²) in [6.45, 7) is 4.52. The molecule has 4 atom stereocenters. The fraction of sp³-hybridized carbons (Fsp3) is 0.550. The number of aliphatic hydroxyl groups is 1. The van der Waals surface area contributed by atoms with Crippen LogP contribution < -0.4 is 10.1 Å². The van der Waals surface area contributed by atoms with E-state index in [1.165, 1.54) is 0 Å². The Morgan fingerprint density at radius 1 is 1.31 bits per heavy atom. The second-order valence-electron chi connectivity index (χ2n) is 7.89. The summed E-state index contributed by atoms with van der Waals surface area (Å²) in [5, 5.41) is 13.4. The van der Waals surface area contributed by atoms with Crippen LogP contribution in [-0.4, -0.2) is 71.2 Å². The number of benzene rings is 1. The van der Waals surface area contributed by atoms with Crippen molar-refractivity contribution in [2.24, 2.45) is 11.8 Å². The first-order valence-electron chi connectivity index (χ1n) is 9.61. The lowest BCUT2D eigenvalue weighted by Gasteiger charge is -2.34. The van der Waals surface area contributed by atoms with E-state index in [1.54, 1.807) is 7.11 Å². The summed E-state index contributed by atoms with van der Waals surface area (Å²) in [4.78, 5) is 7.01. The van der Waals surface area contributed by atoms with Crippen LogP contribution in [0.5, 0.6) is 5.75 Å². The Morgan fingerprint density at radius 2 is 2.10 bits per heavy atom. The molecule has 1 spiro atoms. The minimum absolute atomic E-state index is 0. The third-order valence-electron chi connectivity index (χ3n) is 6.42. The molecule has 0 radical (unpaired) electrons. The van der Waals surface area contributed by atoms with Gasteiger partial charge in [0.05, 0.1) is 25.4 Å². The zero-order chi connectivity index (χ0) is 18.4. The number of hydrogen-bond acceptors (Lipinski definition) is 6. The van der Waals surface area contributed by atoms with E-state index in [9.17, 15) is 5.11 Å². The van der Waals surface area contributed by atoms with E-state index >= 15 is 0 Å². The highest BCUT2D eigenvalue weighted by atomic mass is 35.5. The number of methoxy groups -OCH3 is 1. The number of hydrogen-bond donors (Lipinski definition) is 2. The van der Waals surface area contributed by atoms with E-state index in [4.69, 9.17) is 9.47 Å². The van der Waals surface area contributed by atoms with Gasteiger partial charge >= 0.3 is 0 Å². The van der Waals surface area contributed by atoms with Crippen molar-refractivity contribution >= 4 is 24.8 Å². The number of fused-ring (bicyclic) bond motifs is 1. The molecule has 9 heteroatoms. The molecule has 2 bridgehead atoms. The van der Waals surface area contributed by atoms with Crippen LogP contribution in [0.1, 0.15) is 5.82 Å². The monoisotopic (exact) mass is 442 g/mol. The van der Waals surface area contributed by atoms with Gasteiger partial charge in [-0.1, -0.05) is 0 Å². The van der Waals surface area contributed by atoms with Crippen molar-refractivity contribution in [2.45, 2.75) is 18.2 Å². The summed E-state index contributed by atoms with van der Waals surface area (Å²) >= 11 is 0. The van der Waals surface area contributed by atoms with Gasteiger partial charge in [0.2, 0.25) is 0 Å². The van der Waals surface area contributed by atoms with Crippen molar-refractivity contribution < 1.29 is 14.6 Å². The standard InChI is InChI=1S/C20H26N4O3.2ClH/c1-26-15-4-2-14(3-5-15)24-7-6-22-19(24)10-23-9-17-16(11-25)18-8-21-12-20(17,13-23)27-18;;/h2-7,16-18,21,25H,8-13H2,1H3;2*1H/t16-,17+,18+,20+;;/m0../s1. The van der Waals surface area contributed by atoms with Gasteiger partial charge in [-0.25, -0.2) is 4.98 Å². The average Bonchev–Trinajstić information content (AvgIpc) is 3.33. The molecule has 7 nitrogen and oxygen atoms in total.